The third kappa shape index (κ3) is 3.92. The minimum absolute atomic E-state index is 0.0348. The molecule has 2 aromatic carbocycles. The number of rotatable bonds is 4. The number of aliphatic hydroxyl groups excluding tert-OH is 1. The summed E-state index contributed by atoms with van der Waals surface area (Å²) in [4.78, 5) is 11.1. The van der Waals surface area contributed by atoms with E-state index in [1.54, 1.807) is 0 Å². The summed E-state index contributed by atoms with van der Waals surface area (Å²) < 4.78 is 61.7. The van der Waals surface area contributed by atoms with Crippen molar-refractivity contribution in [3.05, 3.63) is 59.7 Å². The average molecular weight is 330 g/mol. The van der Waals surface area contributed by atoms with Crippen LogP contribution in [-0.2, 0) is 0 Å². The Kier molecular flexibility index (Phi) is 4.79. The average Bonchev–Trinajstić information content (AvgIpc) is 2.53. The van der Waals surface area contributed by atoms with Crippen LogP contribution in [0.5, 0.6) is 0 Å². The molecule has 0 aliphatic carbocycles. The normalized spacial score (nSPS) is 13.2. The number of benzene rings is 2. The summed E-state index contributed by atoms with van der Waals surface area (Å²) in [7, 11) is 0. The predicted octanol–water partition coefficient (Wildman–Crippen LogP) is 4.40. The van der Waals surface area contributed by atoms with Crippen LogP contribution in [-0.4, -0.2) is 23.5 Å². The molecule has 0 fully saturated rings. The van der Waals surface area contributed by atoms with Crippen LogP contribution in [0.15, 0.2) is 48.5 Å². The first-order valence-electron chi connectivity index (χ1n) is 6.48. The van der Waals surface area contributed by atoms with Gasteiger partial charge in [0.05, 0.1) is 0 Å². The first-order valence-corrected chi connectivity index (χ1v) is 6.48. The highest BCUT2D eigenvalue weighted by Crippen LogP contribution is 2.27. The highest BCUT2D eigenvalue weighted by Gasteiger charge is 2.39. The van der Waals surface area contributed by atoms with Crippen LogP contribution in [0.2, 0.25) is 0 Å². The fourth-order valence-electron chi connectivity index (χ4n) is 2.00. The summed E-state index contributed by atoms with van der Waals surface area (Å²) in [5, 5.41) is 9.24. The van der Waals surface area contributed by atoms with E-state index in [4.69, 9.17) is 0 Å². The Balaban J connectivity index is 2.22. The van der Waals surface area contributed by atoms with E-state index >= 15 is 0 Å². The van der Waals surface area contributed by atoms with Crippen molar-refractivity contribution < 1.29 is 31.9 Å². The van der Waals surface area contributed by atoms with Crippen molar-refractivity contribution in [1.29, 1.82) is 0 Å². The van der Waals surface area contributed by atoms with Crippen LogP contribution in [0.4, 0.5) is 22.0 Å². The van der Waals surface area contributed by atoms with Gasteiger partial charge in [0.15, 0.2) is 0 Å². The summed E-state index contributed by atoms with van der Waals surface area (Å²) in [6.07, 6.45) is -9.74. The van der Waals surface area contributed by atoms with Crippen molar-refractivity contribution >= 4 is 5.78 Å². The predicted molar refractivity (Wildman–Crippen MR) is 73.2 cm³/mol. The molecule has 0 aliphatic rings. The Labute approximate surface area is 128 Å². The molecular weight excluding hydrogens is 319 g/mol. The van der Waals surface area contributed by atoms with Crippen molar-refractivity contribution in [2.24, 2.45) is 0 Å². The lowest BCUT2D eigenvalue weighted by Gasteiger charge is -2.11. The van der Waals surface area contributed by atoms with Gasteiger partial charge in [0.1, 0.15) is 6.10 Å². The number of Topliss-reactive ketones (excluding diaryl/α,β-unsaturated/α-hetero) is 1. The van der Waals surface area contributed by atoms with Crippen molar-refractivity contribution in [1.82, 2.24) is 0 Å². The van der Waals surface area contributed by atoms with E-state index in [0.717, 1.165) is 12.1 Å². The van der Waals surface area contributed by atoms with Gasteiger partial charge in [0, 0.05) is 5.56 Å². The molecule has 0 bridgehead atoms. The first kappa shape index (κ1) is 17.1. The second-order valence-corrected chi connectivity index (χ2v) is 4.81. The molecule has 2 nitrogen and oxygen atoms in total. The Morgan fingerprint density at radius 2 is 1.30 bits per heavy atom. The molecule has 0 spiro atoms. The zero-order valence-electron chi connectivity index (χ0n) is 11.5. The quantitative estimate of drug-likeness (QED) is 0.666. The minimum Gasteiger partial charge on any atom is -0.382 e. The van der Waals surface area contributed by atoms with Gasteiger partial charge >= 0.3 is 6.18 Å². The van der Waals surface area contributed by atoms with Gasteiger partial charge < -0.3 is 5.11 Å². The van der Waals surface area contributed by atoms with E-state index in [2.05, 4.69) is 0 Å². The Bertz CT molecular complexity index is 675. The van der Waals surface area contributed by atoms with Gasteiger partial charge in [-0.3, -0.25) is 4.79 Å². The molecular formula is C16H11F5O2. The lowest BCUT2D eigenvalue weighted by molar-refractivity contribution is -0.0885. The minimum atomic E-state index is -4.94. The molecule has 0 amide bonds. The Hall–Kier alpha value is -2.28. The van der Waals surface area contributed by atoms with Gasteiger partial charge in [0.2, 0.25) is 0 Å². The molecule has 0 aliphatic heterocycles. The van der Waals surface area contributed by atoms with E-state index < -0.39 is 30.1 Å². The summed E-state index contributed by atoms with van der Waals surface area (Å²) in [5.74, 6) is -1.93. The molecule has 0 saturated carbocycles. The fraction of sp³-hybridized carbons (Fsp3) is 0.188. The molecule has 122 valence electrons. The molecule has 1 unspecified atom stereocenters. The number of aliphatic hydroxyl groups is 1. The van der Waals surface area contributed by atoms with Crippen LogP contribution in [0, 0.1) is 0 Å². The van der Waals surface area contributed by atoms with E-state index in [-0.39, 0.29) is 5.56 Å². The summed E-state index contributed by atoms with van der Waals surface area (Å²) in [5.41, 5.74) is 0.627. The largest absolute Gasteiger partial charge is 0.454 e. The van der Waals surface area contributed by atoms with E-state index in [9.17, 15) is 31.9 Å². The van der Waals surface area contributed by atoms with E-state index in [1.807, 2.05) is 0 Å². The number of halogens is 5. The smallest absolute Gasteiger partial charge is 0.382 e. The molecule has 1 N–H and O–H groups in total. The zero-order valence-corrected chi connectivity index (χ0v) is 11.5. The molecule has 2 rings (SSSR count). The number of hydrogen-bond acceptors (Lipinski definition) is 2. The van der Waals surface area contributed by atoms with Crippen molar-refractivity contribution in [3.63, 3.8) is 0 Å². The molecule has 23 heavy (non-hydrogen) atoms. The van der Waals surface area contributed by atoms with Crippen molar-refractivity contribution in [2.75, 3.05) is 0 Å². The maximum absolute atomic E-state index is 12.4. The maximum atomic E-state index is 12.4. The number of carbonyl (C=O) groups is 1. The fourth-order valence-corrected chi connectivity index (χ4v) is 2.00. The third-order valence-electron chi connectivity index (χ3n) is 3.23. The summed E-state index contributed by atoms with van der Waals surface area (Å²) >= 11 is 0. The zero-order chi connectivity index (χ0) is 17.2. The van der Waals surface area contributed by atoms with Crippen LogP contribution < -0.4 is 0 Å². The Morgan fingerprint density at radius 1 is 0.870 bits per heavy atom. The SMILES string of the molecule is O=C(c1ccc(-c2ccc(C(O)C(F)F)cc2)cc1)C(F)(F)F. The molecule has 1 atom stereocenters. The standard InChI is InChI=1S/C16H11F5O2/c17-15(18)13(22)11-5-1-9(2-6-11)10-3-7-12(8-4-10)14(23)16(19,20)21/h1-8,13,15,22H. The molecule has 0 radical (unpaired) electrons. The summed E-state index contributed by atoms with van der Waals surface area (Å²) in [6, 6.07) is 10.3. The van der Waals surface area contributed by atoms with Crippen LogP contribution in [0.1, 0.15) is 22.0 Å². The molecule has 0 aromatic heterocycles. The van der Waals surface area contributed by atoms with Crippen LogP contribution in [0.25, 0.3) is 11.1 Å². The van der Waals surface area contributed by atoms with Gasteiger partial charge in [0.25, 0.3) is 12.2 Å². The third-order valence-corrected chi connectivity index (χ3v) is 3.23. The van der Waals surface area contributed by atoms with Crippen LogP contribution in [0.3, 0.4) is 0 Å². The monoisotopic (exact) mass is 330 g/mol. The Morgan fingerprint density at radius 3 is 1.70 bits per heavy atom. The van der Waals surface area contributed by atoms with Crippen LogP contribution >= 0.6 is 0 Å². The van der Waals surface area contributed by atoms with E-state index in [1.165, 1.54) is 36.4 Å². The maximum Gasteiger partial charge on any atom is 0.454 e. The molecule has 7 heteroatoms. The highest BCUT2D eigenvalue weighted by atomic mass is 19.4. The number of carbonyl (C=O) groups excluding carboxylic acids is 1. The second kappa shape index (κ2) is 6.45. The number of ketones is 1. The van der Waals surface area contributed by atoms with Gasteiger partial charge in [-0.15, -0.1) is 0 Å². The molecule has 0 heterocycles. The number of alkyl halides is 5. The van der Waals surface area contributed by atoms with Gasteiger partial charge in [-0.1, -0.05) is 48.5 Å². The molecule has 0 saturated heterocycles. The summed E-state index contributed by atoms with van der Waals surface area (Å²) in [6.45, 7) is 0. The first-order chi connectivity index (χ1) is 10.7. The topological polar surface area (TPSA) is 37.3 Å². The van der Waals surface area contributed by atoms with E-state index in [0.29, 0.717) is 11.1 Å². The van der Waals surface area contributed by atoms with Crippen molar-refractivity contribution in [3.8, 4) is 11.1 Å². The molecule has 2 aromatic rings. The second-order valence-electron chi connectivity index (χ2n) is 4.81. The van der Waals surface area contributed by atoms with Gasteiger partial charge in [-0.25, -0.2) is 8.78 Å². The van der Waals surface area contributed by atoms with Gasteiger partial charge in [-0.05, 0) is 16.7 Å². The lowest BCUT2D eigenvalue weighted by Crippen LogP contribution is -2.22. The highest BCUT2D eigenvalue weighted by molar-refractivity contribution is 6.00. The van der Waals surface area contributed by atoms with Gasteiger partial charge in [-0.2, -0.15) is 13.2 Å². The lowest BCUT2D eigenvalue weighted by atomic mass is 10.00. The van der Waals surface area contributed by atoms with Crippen molar-refractivity contribution in [2.45, 2.75) is 18.7 Å². The number of hydrogen-bond donors (Lipinski definition) is 1.